The van der Waals surface area contributed by atoms with Crippen molar-refractivity contribution in [2.24, 2.45) is 5.73 Å². The van der Waals surface area contributed by atoms with Crippen LogP contribution in [0.25, 0.3) is 11.1 Å². The SMILES string of the molecule is NCc1c(Cl)ccc(-c2cccc(O)c2)c1Cl. The molecule has 0 amide bonds. The average molecular weight is 268 g/mol. The average Bonchev–Trinajstić information content (AvgIpc) is 2.29. The molecule has 0 aliphatic heterocycles. The third-order valence-electron chi connectivity index (χ3n) is 2.55. The summed E-state index contributed by atoms with van der Waals surface area (Å²) in [5.74, 6) is 0.197. The van der Waals surface area contributed by atoms with E-state index in [0.29, 0.717) is 15.6 Å². The maximum Gasteiger partial charge on any atom is 0.116 e. The molecule has 0 heterocycles. The maximum atomic E-state index is 9.45. The molecule has 0 spiro atoms. The fourth-order valence-electron chi connectivity index (χ4n) is 1.68. The van der Waals surface area contributed by atoms with E-state index < -0.39 is 0 Å². The first kappa shape index (κ1) is 12.2. The van der Waals surface area contributed by atoms with Crippen molar-refractivity contribution in [2.45, 2.75) is 6.54 Å². The standard InChI is InChI=1S/C13H11Cl2NO/c14-12-5-4-10(13(15)11(12)7-16)8-2-1-3-9(17)6-8/h1-6,17H,7,16H2. The zero-order chi connectivity index (χ0) is 12.4. The summed E-state index contributed by atoms with van der Waals surface area (Å²) in [7, 11) is 0. The Morgan fingerprint density at radius 2 is 1.88 bits per heavy atom. The Balaban J connectivity index is 2.61. The zero-order valence-corrected chi connectivity index (χ0v) is 10.5. The smallest absolute Gasteiger partial charge is 0.116 e. The van der Waals surface area contributed by atoms with Crippen molar-refractivity contribution < 1.29 is 5.11 Å². The molecule has 0 atom stereocenters. The van der Waals surface area contributed by atoms with Gasteiger partial charge in [-0.1, -0.05) is 41.4 Å². The molecule has 2 nitrogen and oxygen atoms in total. The fourth-order valence-corrected chi connectivity index (χ4v) is 2.32. The molecule has 0 aliphatic rings. The molecule has 88 valence electrons. The number of hydrogen-bond acceptors (Lipinski definition) is 2. The lowest BCUT2D eigenvalue weighted by Crippen LogP contribution is -1.99. The van der Waals surface area contributed by atoms with Gasteiger partial charge in [0, 0.05) is 22.7 Å². The van der Waals surface area contributed by atoms with E-state index in [9.17, 15) is 5.11 Å². The van der Waals surface area contributed by atoms with Gasteiger partial charge in [0.2, 0.25) is 0 Å². The number of benzene rings is 2. The number of nitrogens with two attached hydrogens (primary N) is 1. The van der Waals surface area contributed by atoms with Gasteiger partial charge in [-0.15, -0.1) is 0 Å². The third kappa shape index (κ3) is 2.39. The minimum atomic E-state index is 0.197. The first-order chi connectivity index (χ1) is 8.13. The summed E-state index contributed by atoms with van der Waals surface area (Å²) < 4.78 is 0. The van der Waals surface area contributed by atoms with Crippen molar-refractivity contribution in [1.82, 2.24) is 0 Å². The number of hydrogen-bond donors (Lipinski definition) is 2. The normalized spacial score (nSPS) is 10.5. The van der Waals surface area contributed by atoms with Gasteiger partial charge < -0.3 is 10.8 Å². The topological polar surface area (TPSA) is 46.2 Å². The van der Waals surface area contributed by atoms with Crippen LogP contribution < -0.4 is 5.73 Å². The Bertz CT molecular complexity index is 555. The molecule has 0 fully saturated rings. The van der Waals surface area contributed by atoms with Crippen LogP contribution in [0, 0.1) is 0 Å². The Labute approximate surface area is 110 Å². The monoisotopic (exact) mass is 267 g/mol. The first-order valence-electron chi connectivity index (χ1n) is 5.10. The maximum absolute atomic E-state index is 9.45. The predicted octanol–water partition coefficient (Wildman–Crippen LogP) is 3.82. The second-order valence-corrected chi connectivity index (χ2v) is 4.43. The molecule has 0 saturated heterocycles. The molecule has 0 bridgehead atoms. The third-order valence-corrected chi connectivity index (χ3v) is 3.33. The van der Waals surface area contributed by atoms with E-state index in [4.69, 9.17) is 28.9 Å². The van der Waals surface area contributed by atoms with E-state index in [1.54, 1.807) is 24.3 Å². The molecule has 2 aromatic rings. The van der Waals surface area contributed by atoms with Crippen LogP contribution in [-0.4, -0.2) is 5.11 Å². The van der Waals surface area contributed by atoms with E-state index in [1.165, 1.54) is 0 Å². The van der Waals surface area contributed by atoms with E-state index >= 15 is 0 Å². The van der Waals surface area contributed by atoms with Crippen LogP contribution >= 0.6 is 23.2 Å². The van der Waals surface area contributed by atoms with Crippen molar-refractivity contribution in [3.63, 3.8) is 0 Å². The van der Waals surface area contributed by atoms with Gasteiger partial charge in [0.05, 0.1) is 5.02 Å². The molecule has 0 unspecified atom stereocenters. The molecular formula is C13H11Cl2NO. The molecule has 0 saturated carbocycles. The summed E-state index contributed by atoms with van der Waals surface area (Å²) in [6.07, 6.45) is 0. The van der Waals surface area contributed by atoms with Gasteiger partial charge in [-0.2, -0.15) is 0 Å². The molecule has 0 aromatic heterocycles. The lowest BCUT2D eigenvalue weighted by molar-refractivity contribution is 0.475. The molecular weight excluding hydrogens is 257 g/mol. The highest BCUT2D eigenvalue weighted by Gasteiger charge is 2.11. The van der Waals surface area contributed by atoms with Crippen LogP contribution in [0.2, 0.25) is 10.0 Å². The van der Waals surface area contributed by atoms with Gasteiger partial charge in [-0.3, -0.25) is 0 Å². The Hall–Kier alpha value is -1.22. The van der Waals surface area contributed by atoms with Gasteiger partial charge in [0.15, 0.2) is 0 Å². The molecule has 2 aromatic carbocycles. The van der Waals surface area contributed by atoms with E-state index in [-0.39, 0.29) is 12.3 Å². The van der Waals surface area contributed by atoms with Gasteiger partial charge >= 0.3 is 0 Å². The first-order valence-corrected chi connectivity index (χ1v) is 5.85. The summed E-state index contributed by atoms with van der Waals surface area (Å²) in [4.78, 5) is 0. The Morgan fingerprint density at radius 1 is 1.12 bits per heavy atom. The largest absolute Gasteiger partial charge is 0.508 e. The highest BCUT2D eigenvalue weighted by molar-refractivity contribution is 6.37. The van der Waals surface area contributed by atoms with Crippen molar-refractivity contribution in [1.29, 1.82) is 0 Å². The van der Waals surface area contributed by atoms with Crippen LogP contribution in [0.1, 0.15) is 5.56 Å². The second-order valence-electron chi connectivity index (χ2n) is 3.64. The molecule has 2 rings (SSSR count). The lowest BCUT2D eigenvalue weighted by atomic mass is 10.0. The summed E-state index contributed by atoms with van der Waals surface area (Å²) in [6, 6.07) is 10.5. The number of aromatic hydroxyl groups is 1. The van der Waals surface area contributed by atoms with Crippen molar-refractivity contribution in [3.8, 4) is 16.9 Å². The molecule has 3 N–H and O–H groups in total. The van der Waals surface area contributed by atoms with Crippen molar-refractivity contribution >= 4 is 23.2 Å². The van der Waals surface area contributed by atoms with Crippen molar-refractivity contribution in [3.05, 3.63) is 52.0 Å². The highest BCUT2D eigenvalue weighted by Crippen LogP contribution is 2.35. The van der Waals surface area contributed by atoms with Gasteiger partial charge in [0.25, 0.3) is 0 Å². The minimum Gasteiger partial charge on any atom is -0.508 e. The molecule has 0 aliphatic carbocycles. The summed E-state index contributed by atoms with van der Waals surface area (Å²) in [5, 5.41) is 10.5. The number of phenols is 1. The Morgan fingerprint density at radius 3 is 2.53 bits per heavy atom. The summed E-state index contributed by atoms with van der Waals surface area (Å²) in [5.41, 5.74) is 7.97. The van der Waals surface area contributed by atoms with Gasteiger partial charge in [0.1, 0.15) is 5.75 Å². The zero-order valence-electron chi connectivity index (χ0n) is 8.95. The fraction of sp³-hybridized carbons (Fsp3) is 0.0769. The second kappa shape index (κ2) is 4.96. The van der Waals surface area contributed by atoms with Crippen LogP contribution in [0.3, 0.4) is 0 Å². The summed E-state index contributed by atoms with van der Waals surface area (Å²) in [6.45, 7) is 0.282. The van der Waals surface area contributed by atoms with Crippen LogP contribution in [0.15, 0.2) is 36.4 Å². The molecule has 0 radical (unpaired) electrons. The van der Waals surface area contributed by atoms with Gasteiger partial charge in [-0.05, 0) is 23.8 Å². The molecule has 17 heavy (non-hydrogen) atoms. The molecule has 4 heteroatoms. The Kier molecular flexibility index (Phi) is 3.57. The lowest BCUT2D eigenvalue weighted by Gasteiger charge is -2.10. The quantitative estimate of drug-likeness (QED) is 0.869. The van der Waals surface area contributed by atoms with Crippen LogP contribution in [0.4, 0.5) is 0 Å². The minimum absolute atomic E-state index is 0.197. The van der Waals surface area contributed by atoms with Crippen LogP contribution in [-0.2, 0) is 6.54 Å². The summed E-state index contributed by atoms with van der Waals surface area (Å²) >= 11 is 12.3. The number of rotatable bonds is 2. The van der Waals surface area contributed by atoms with Crippen LogP contribution in [0.5, 0.6) is 5.75 Å². The predicted molar refractivity (Wildman–Crippen MR) is 71.5 cm³/mol. The number of halogens is 2. The van der Waals surface area contributed by atoms with E-state index in [0.717, 1.165) is 11.1 Å². The highest BCUT2D eigenvalue weighted by atomic mass is 35.5. The van der Waals surface area contributed by atoms with Gasteiger partial charge in [-0.25, -0.2) is 0 Å². The van der Waals surface area contributed by atoms with E-state index in [2.05, 4.69) is 0 Å². The van der Waals surface area contributed by atoms with E-state index in [1.807, 2.05) is 12.1 Å². The number of phenolic OH excluding ortho intramolecular Hbond substituents is 1. The van der Waals surface area contributed by atoms with Crippen molar-refractivity contribution in [2.75, 3.05) is 0 Å².